The van der Waals surface area contributed by atoms with E-state index in [1.807, 2.05) is 0 Å². The van der Waals surface area contributed by atoms with Crippen molar-refractivity contribution in [2.24, 2.45) is 5.92 Å². The molecule has 104 valence electrons. The van der Waals surface area contributed by atoms with E-state index in [-0.39, 0.29) is 18.2 Å². The number of aliphatic carboxylic acids is 1. The van der Waals surface area contributed by atoms with Crippen LogP contribution in [0.25, 0.3) is 0 Å². The van der Waals surface area contributed by atoms with Crippen LogP contribution < -0.4 is 5.32 Å². The van der Waals surface area contributed by atoms with Crippen LogP contribution >= 0.6 is 0 Å². The van der Waals surface area contributed by atoms with Gasteiger partial charge in [-0.15, -0.1) is 0 Å². The molecule has 0 spiro atoms. The molecule has 6 heteroatoms. The van der Waals surface area contributed by atoms with Gasteiger partial charge in [-0.1, -0.05) is 0 Å². The van der Waals surface area contributed by atoms with E-state index in [4.69, 9.17) is 9.84 Å². The largest absolute Gasteiger partial charge is 0.481 e. The van der Waals surface area contributed by atoms with Crippen LogP contribution in [0.1, 0.15) is 23.6 Å². The van der Waals surface area contributed by atoms with Gasteiger partial charge < -0.3 is 15.2 Å². The van der Waals surface area contributed by atoms with E-state index in [9.17, 15) is 13.6 Å². The zero-order chi connectivity index (χ0) is 14.0. The summed E-state index contributed by atoms with van der Waals surface area (Å²) in [6.07, 6.45) is 0.331. The lowest BCUT2D eigenvalue weighted by Gasteiger charge is -2.13. The molecule has 19 heavy (non-hydrogen) atoms. The summed E-state index contributed by atoms with van der Waals surface area (Å²) in [4.78, 5) is 10.8. The molecule has 1 aliphatic rings. The maximum atomic E-state index is 13.7. The molecule has 1 aliphatic heterocycles. The molecule has 2 N–H and O–H groups in total. The molecule has 1 aromatic carbocycles. The van der Waals surface area contributed by atoms with Gasteiger partial charge in [-0.2, -0.15) is 0 Å². The van der Waals surface area contributed by atoms with E-state index in [0.29, 0.717) is 18.5 Å². The lowest BCUT2D eigenvalue weighted by atomic mass is 9.98. The average molecular weight is 271 g/mol. The fraction of sp³-hybridized carbons (Fsp3) is 0.462. The summed E-state index contributed by atoms with van der Waals surface area (Å²) in [5.41, 5.74) is 0.317. The molecule has 2 atom stereocenters. The van der Waals surface area contributed by atoms with Crippen LogP contribution in [0.15, 0.2) is 12.1 Å². The number of benzene rings is 1. The Morgan fingerprint density at radius 3 is 2.58 bits per heavy atom. The standard InChI is InChI=1S/C13H15F2NO3/c1-19-6-9-10(14)2-7(3-11(9)15)12-4-8(5-16-12)13(17)18/h2-3,8,12,16H,4-6H2,1H3,(H,17,18). The average Bonchev–Trinajstić information content (AvgIpc) is 2.83. The van der Waals surface area contributed by atoms with Gasteiger partial charge in [0.15, 0.2) is 0 Å². The quantitative estimate of drug-likeness (QED) is 0.877. The molecule has 0 aliphatic carbocycles. The van der Waals surface area contributed by atoms with Crippen molar-refractivity contribution in [3.8, 4) is 0 Å². The number of hydrogen-bond acceptors (Lipinski definition) is 3. The van der Waals surface area contributed by atoms with E-state index in [1.54, 1.807) is 0 Å². The molecular formula is C13H15F2NO3. The van der Waals surface area contributed by atoms with Gasteiger partial charge in [0.1, 0.15) is 11.6 Å². The Kier molecular flexibility index (Phi) is 4.11. The van der Waals surface area contributed by atoms with Crippen molar-refractivity contribution >= 4 is 5.97 Å². The molecule has 0 saturated carbocycles. The van der Waals surface area contributed by atoms with Crippen molar-refractivity contribution in [1.82, 2.24) is 5.32 Å². The first kappa shape index (κ1) is 13.9. The van der Waals surface area contributed by atoms with E-state index in [2.05, 4.69) is 5.32 Å². The van der Waals surface area contributed by atoms with Crippen molar-refractivity contribution < 1.29 is 23.4 Å². The minimum absolute atomic E-state index is 0.112. The van der Waals surface area contributed by atoms with Gasteiger partial charge >= 0.3 is 5.97 Å². The number of rotatable bonds is 4. The highest BCUT2D eigenvalue weighted by Crippen LogP contribution is 2.29. The third-order valence-electron chi connectivity index (χ3n) is 3.33. The summed E-state index contributed by atoms with van der Waals surface area (Å²) in [6.45, 7) is 0.177. The van der Waals surface area contributed by atoms with Gasteiger partial charge in [-0.3, -0.25) is 4.79 Å². The number of carboxylic acids is 1. The molecular weight excluding hydrogens is 256 g/mol. The van der Waals surface area contributed by atoms with E-state index in [0.717, 1.165) is 0 Å². The summed E-state index contributed by atoms with van der Waals surface area (Å²) in [5.74, 6) is -2.75. The second kappa shape index (κ2) is 5.63. The number of ether oxygens (including phenoxy) is 1. The summed E-state index contributed by atoms with van der Waals surface area (Å²) in [5, 5.41) is 11.9. The molecule has 0 aromatic heterocycles. The fourth-order valence-electron chi connectivity index (χ4n) is 2.28. The van der Waals surface area contributed by atoms with Crippen molar-refractivity contribution in [3.05, 3.63) is 34.9 Å². The third-order valence-corrected chi connectivity index (χ3v) is 3.33. The first-order chi connectivity index (χ1) is 9.02. The van der Waals surface area contributed by atoms with E-state index < -0.39 is 23.5 Å². The van der Waals surface area contributed by atoms with Crippen LogP contribution in [0.4, 0.5) is 8.78 Å². The summed E-state index contributed by atoms with van der Waals surface area (Å²) in [7, 11) is 1.36. The molecule has 1 fully saturated rings. The maximum Gasteiger partial charge on any atom is 0.307 e. The SMILES string of the molecule is COCc1c(F)cc(C2CC(C(=O)O)CN2)cc1F. The Morgan fingerprint density at radius 1 is 1.47 bits per heavy atom. The number of hydrogen-bond donors (Lipinski definition) is 2. The van der Waals surface area contributed by atoms with Crippen LogP contribution in [0.2, 0.25) is 0 Å². The summed E-state index contributed by atoms with van der Waals surface area (Å²) < 4.78 is 32.2. The summed E-state index contributed by atoms with van der Waals surface area (Å²) >= 11 is 0. The normalized spacial score (nSPS) is 22.7. The Labute approximate surface area is 109 Å². The Morgan fingerprint density at radius 2 is 2.11 bits per heavy atom. The minimum Gasteiger partial charge on any atom is -0.481 e. The van der Waals surface area contributed by atoms with Crippen molar-refractivity contribution in [2.45, 2.75) is 19.1 Å². The molecule has 0 amide bonds. The van der Waals surface area contributed by atoms with E-state index in [1.165, 1.54) is 19.2 Å². The predicted molar refractivity (Wildman–Crippen MR) is 63.6 cm³/mol. The van der Waals surface area contributed by atoms with Crippen LogP contribution in [0.3, 0.4) is 0 Å². The molecule has 0 bridgehead atoms. The summed E-state index contributed by atoms with van der Waals surface area (Å²) in [6, 6.07) is 2.14. The maximum absolute atomic E-state index is 13.7. The van der Waals surface area contributed by atoms with Crippen molar-refractivity contribution in [1.29, 1.82) is 0 Å². The van der Waals surface area contributed by atoms with Crippen LogP contribution in [0, 0.1) is 17.6 Å². The number of carbonyl (C=O) groups is 1. The molecule has 1 saturated heterocycles. The second-order valence-corrected chi connectivity index (χ2v) is 4.63. The Hall–Kier alpha value is -1.53. The number of nitrogens with one attached hydrogen (secondary N) is 1. The van der Waals surface area contributed by atoms with Crippen LogP contribution in [0.5, 0.6) is 0 Å². The predicted octanol–water partition coefficient (Wildman–Crippen LogP) is 1.85. The van der Waals surface area contributed by atoms with Gasteiger partial charge in [0.05, 0.1) is 12.5 Å². The van der Waals surface area contributed by atoms with Crippen molar-refractivity contribution in [2.75, 3.05) is 13.7 Å². The number of carboxylic acid groups (broad SMARTS) is 1. The molecule has 1 heterocycles. The fourth-order valence-corrected chi connectivity index (χ4v) is 2.28. The Balaban J connectivity index is 2.20. The minimum atomic E-state index is -0.896. The topological polar surface area (TPSA) is 58.6 Å². The molecule has 2 rings (SSSR count). The van der Waals surface area contributed by atoms with Gasteiger partial charge in [-0.25, -0.2) is 8.78 Å². The van der Waals surface area contributed by atoms with Gasteiger partial charge in [0.2, 0.25) is 0 Å². The van der Waals surface area contributed by atoms with E-state index >= 15 is 0 Å². The highest BCUT2D eigenvalue weighted by atomic mass is 19.1. The van der Waals surface area contributed by atoms with Gasteiger partial charge in [0.25, 0.3) is 0 Å². The highest BCUT2D eigenvalue weighted by molar-refractivity contribution is 5.70. The molecule has 1 aromatic rings. The smallest absolute Gasteiger partial charge is 0.307 e. The highest BCUT2D eigenvalue weighted by Gasteiger charge is 2.31. The Bertz CT molecular complexity index is 470. The molecule has 4 nitrogen and oxygen atoms in total. The number of methoxy groups -OCH3 is 1. The molecule has 0 radical (unpaired) electrons. The van der Waals surface area contributed by atoms with Gasteiger partial charge in [-0.05, 0) is 24.1 Å². The molecule has 2 unspecified atom stereocenters. The monoisotopic (exact) mass is 271 g/mol. The first-order valence-corrected chi connectivity index (χ1v) is 5.96. The van der Waals surface area contributed by atoms with Crippen LogP contribution in [-0.2, 0) is 16.1 Å². The van der Waals surface area contributed by atoms with Crippen LogP contribution in [-0.4, -0.2) is 24.7 Å². The zero-order valence-corrected chi connectivity index (χ0v) is 10.5. The first-order valence-electron chi connectivity index (χ1n) is 5.96. The number of halogens is 2. The zero-order valence-electron chi connectivity index (χ0n) is 10.5. The van der Waals surface area contributed by atoms with Gasteiger partial charge in [0, 0.05) is 25.3 Å². The lowest BCUT2D eigenvalue weighted by molar-refractivity contribution is -0.141. The second-order valence-electron chi connectivity index (χ2n) is 4.63. The van der Waals surface area contributed by atoms with Crippen molar-refractivity contribution in [3.63, 3.8) is 0 Å². The lowest BCUT2D eigenvalue weighted by Crippen LogP contribution is -2.17. The third kappa shape index (κ3) is 2.90.